The summed E-state index contributed by atoms with van der Waals surface area (Å²) in [6, 6.07) is 0. The third kappa shape index (κ3) is 4.54. The SMILES string of the molecule is CC/C=C\C=C(/CC)C(C)=O. The largest absolute Gasteiger partial charge is 0.295 e. The van der Waals surface area contributed by atoms with Crippen molar-refractivity contribution in [2.75, 3.05) is 0 Å². The predicted octanol–water partition coefficient (Wildman–Crippen LogP) is 2.88. The van der Waals surface area contributed by atoms with Crippen molar-refractivity contribution in [3.63, 3.8) is 0 Å². The van der Waals surface area contributed by atoms with Gasteiger partial charge in [-0.05, 0) is 25.3 Å². The normalized spacial score (nSPS) is 12.5. The van der Waals surface area contributed by atoms with E-state index < -0.39 is 0 Å². The molecule has 0 N–H and O–H groups in total. The molecule has 0 aliphatic heterocycles. The number of allylic oxidation sites excluding steroid dienone is 4. The van der Waals surface area contributed by atoms with Gasteiger partial charge in [0.05, 0.1) is 0 Å². The lowest BCUT2D eigenvalue weighted by Gasteiger charge is -1.94. The van der Waals surface area contributed by atoms with Gasteiger partial charge < -0.3 is 0 Å². The molecule has 0 aromatic rings. The van der Waals surface area contributed by atoms with Crippen LogP contribution < -0.4 is 0 Å². The molecule has 0 saturated heterocycles. The molecule has 1 nitrogen and oxygen atoms in total. The number of carbonyl (C=O) groups is 1. The Kier molecular flexibility index (Phi) is 5.44. The van der Waals surface area contributed by atoms with E-state index in [-0.39, 0.29) is 5.78 Å². The highest BCUT2D eigenvalue weighted by Gasteiger charge is 1.96. The number of rotatable bonds is 4. The van der Waals surface area contributed by atoms with E-state index in [0.29, 0.717) is 0 Å². The molecule has 0 aromatic carbocycles. The van der Waals surface area contributed by atoms with Gasteiger partial charge in [-0.25, -0.2) is 0 Å². The molecule has 0 aliphatic rings. The van der Waals surface area contributed by atoms with Crippen LogP contribution in [-0.2, 0) is 4.79 Å². The average molecular weight is 152 g/mol. The minimum absolute atomic E-state index is 0.174. The van der Waals surface area contributed by atoms with Crippen molar-refractivity contribution >= 4 is 5.78 Å². The van der Waals surface area contributed by atoms with Gasteiger partial charge in [0.15, 0.2) is 5.78 Å². The molecule has 11 heavy (non-hydrogen) atoms. The molecule has 0 unspecified atom stereocenters. The Balaban J connectivity index is 4.12. The lowest BCUT2D eigenvalue weighted by molar-refractivity contribution is -0.113. The fourth-order valence-electron chi connectivity index (χ4n) is 0.804. The Labute approximate surface area is 68.8 Å². The quantitative estimate of drug-likeness (QED) is 0.447. The maximum atomic E-state index is 10.9. The molecule has 0 saturated carbocycles. The van der Waals surface area contributed by atoms with Crippen LogP contribution in [0, 0.1) is 0 Å². The van der Waals surface area contributed by atoms with Gasteiger partial charge in [0.2, 0.25) is 0 Å². The van der Waals surface area contributed by atoms with E-state index in [1.807, 2.05) is 25.2 Å². The summed E-state index contributed by atoms with van der Waals surface area (Å²) in [6.45, 7) is 5.67. The number of ketones is 1. The monoisotopic (exact) mass is 152 g/mol. The summed E-state index contributed by atoms with van der Waals surface area (Å²) in [5.74, 6) is 0.174. The smallest absolute Gasteiger partial charge is 0.155 e. The molecule has 0 rings (SSSR count). The molecular formula is C10H16O. The lowest BCUT2D eigenvalue weighted by atomic mass is 10.1. The number of carbonyl (C=O) groups excluding carboxylic acids is 1. The zero-order chi connectivity index (χ0) is 8.69. The van der Waals surface area contributed by atoms with Gasteiger partial charge in [-0.2, -0.15) is 0 Å². The van der Waals surface area contributed by atoms with Gasteiger partial charge in [0.25, 0.3) is 0 Å². The summed E-state index contributed by atoms with van der Waals surface area (Å²) in [4.78, 5) is 10.9. The van der Waals surface area contributed by atoms with Gasteiger partial charge in [-0.15, -0.1) is 0 Å². The maximum Gasteiger partial charge on any atom is 0.155 e. The zero-order valence-electron chi connectivity index (χ0n) is 7.55. The minimum atomic E-state index is 0.174. The summed E-state index contributed by atoms with van der Waals surface area (Å²) < 4.78 is 0. The van der Waals surface area contributed by atoms with E-state index in [1.54, 1.807) is 6.92 Å². The van der Waals surface area contributed by atoms with Crippen molar-refractivity contribution < 1.29 is 4.79 Å². The molecule has 62 valence electrons. The fraction of sp³-hybridized carbons (Fsp3) is 0.500. The van der Waals surface area contributed by atoms with Crippen molar-refractivity contribution in [3.8, 4) is 0 Å². The Hall–Kier alpha value is -0.850. The van der Waals surface area contributed by atoms with Crippen molar-refractivity contribution in [2.24, 2.45) is 0 Å². The maximum absolute atomic E-state index is 10.9. The first-order chi connectivity index (χ1) is 5.22. The van der Waals surface area contributed by atoms with Crippen LogP contribution in [0.5, 0.6) is 0 Å². The highest BCUT2D eigenvalue weighted by molar-refractivity contribution is 5.93. The lowest BCUT2D eigenvalue weighted by Crippen LogP contribution is -1.93. The van der Waals surface area contributed by atoms with Crippen molar-refractivity contribution in [3.05, 3.63) is 23.8 Å². The second-order valence-electron chi connectivity index (χ2n) is 2.44. The van der Waals surface area contributed by atoms with Crippen molar-refractivity contribution in [1.29, 1.82) is 0 Å². The summed E-state index contributed by atoms with van der Waals surface area (Å²) in [5, 5.41) is 0. The standard InChI is InChI=1S/C10H16O/c1-4-6-7-8-10(5-2)9(3)11/h6-8H,4-5H2,1-3H3/b7-6-,10-8+. The predicted molar refractivity (Wildman–Crippen MR) is 48.5 cm³/mol. The first-order valence-corrected chi connectivity index (χ1v) is 4.09. The average Bonchev–Trinajstić information content (AvgIpc) is 1.97. The van der Waals surface area contributed by atoms with E-state index in [1.165, 1.54) is 0 Å². The molecule has 0 heterocycles. The summed E-state index contributed by atoms with van der Waals surface area (Å²) >= 11 is 0. The third-order valence-corrected chi connectivity index (χ3v) is 1.50. The number of Topliss-reactive ketones (excluding diaryl/α,β-unsaturated/α-hetero) is 1. The summed E-state index contributed by atoms with van der Waals surface area (Å²) in [7, 11) is 0. The minimum Gasteiger partial charge on any atom is -0.295 e. The van der Waals surface area contributed by atoms with Crippen molar-refractivity contribution in [1.82, 2.24) is 0 Å². The Morgan fingerprint density at radius 3 is 2.36 bits per heavy atom. The molecule has 0 atom stereocenters. The molecule has 0 aromatic heterocycles. The van der Waals surface area contributed by atoms with Crippen LogP contribution >= 0.6 is 0 Å². The van der Waals surface area contributed by atoms with Gasteiger partial charge in [0, 0.05) is 0 Å². The molecular weight excluding hydrogens is 136 g/mol. The van der Waals surface area contributed by atoms with Gasteiger partial charge in [0.1, 0.15) is 0 Å². The van der Waals surface area contributed by atoms with Crippen LogP contribution in [0.25, 0.3) is 0 Å². The van der Waals surface area contributed by atoms with Crippen molar-refractivity contribution in [2.45, 2.75) is 33.6 Å². The fourth-order valence-corrected chi connectivity index (χ4v) is 0.804. The van der Waals surface area contributed by atoms with E-state index >= 15 is 0 Å². The first kappa shape index (κ1) is 10.2. The van der Waals surface area contributed by atoms with Gasteiger partial charge >= 0.3 is 0 Å². The van der Waals surface area contributed by atoms with Crippen LogP contribution in [0.1, 0.15) is 33.6 Å². The van der Waals surface area contributed by atoms with Gasteiger partial charge in [-0.1, -0.05) is 32.1 Å². The van der Waals surface area contributed by atoms with Crippen LogP contribution in [0.4, 0.5) is 0 Å². The second kappa shape index (κ2) is 5.90. The van der Waals surface area contributed by atoms with Gasteiger partial charge in [-0.3, -0.25) is 4.79 Å². The Morgan fingerprint density at radius 1 is 1.36 bits per heavy atom. The van der Waals surface area contributed by atoms with Crippen LogP contribution in [-0.4, -0.2) is 5.78 Å². The Bertz CT molecular complexity index is 175. The van der Waals surface area contributed by atoms with Crippen LogP contribution in [0.15, 0.2) is 23.8 Å². The van der Waals surface area contributed by atoms with Crippen LogP contribution in [0.3, 0.4) is 0 Å². The van der Waals surface area contributed by atoms with E-state index in [4.69, 9.17) is 0 Å². The first-order valence-electron chi connectivity index (χ1n) is 4.09. The molecule has 0 fully saturated rings. The summed E-state index contributed by atoms with van der Waals surface area (Å²) in [5.41, 5.74) is 0.898. The van der Waals surface area contributed by atoms with E-state index in [0.717, 1.165) is 18.4 Å². The summed E-state index contributed by atoms with van der Waals surface area (Å²) in [6.07, 6.45) is 7.72. The Morgan fingerprint density at radius 2 is 2.00 bits per heavy atom. The molecule has 0 amide bonds. The molecule has 0 aliphatic carbocycles. The van der Waals surface area contributed by atoms with Crippen LogP contribution in [0.2, 0.25) is 0 Å². The van der Waals surface area contributed by atoms with E-state index in [9.17, 15) is 4.79 Å². The highest BCUT2D eigenvalue weighted by atomic mass is 16.1. The zero-order valence-corrected chi connectivity index (χ0v) is 7.55. The second-order valence-corrected chi connectivity index (χ2v) is 2.44. The molecule has 0 bridgehead atoms. The molecule has 0 radical (unpaired) electrons. The molecule has 1 heteroatoms. The number of hydrogen-bond donors (Lipinski definition) is 0. The molecule has 0 spiro atoms. The third-order valence-electron chi connectivity index (χ3n) is 1.50. The van der Waals surface area contributed by atoms with E-state index in [2.05, 4.69) is 6.92 Å². The number of hydrogen-bond acceptors (Lipinski definition) is 1. The topological polar surface area (TPSA) is 17.1 Å². The highest BCUT2D eigenvalue weighted by Crippen LogP contribution is 2.01.